The molecule has 30 heavy (non-hydrogen) atoms. The van der Waals surface area contributed by atoms with E-state index in [4.69, 9.17) is 0 Å². The molecule has 0 aliphatic carbocycles. The van der Waals surface area contributed by atoms with Crippen LogP contribution < -0.4 is 10.6 Å². The largest absolute Gasteiger partial charge is 0.355 e. The van der Waals surface area contributed by atoms with Gasteiger partial charge in [-0.3, -0.25) is 19.4 Å². The van der Waals surface area contributed by atoms with Gasteiger partial charge in [-0.1, -0.05) is 18.2 Å². The number of aromatic nitrogens is 1. The molecule has 2 aromatic rings. The van der Waals surface area contributed by atoms with Gasteiger partial charge in [-0.15, -0.1) is 0 Å². The molecule has 8 heteroatoms. The number of benzene rings is 1. The van der Waals surface area contributed by atoms with Gasteiger partial charge in [-0.2, -0.15) is 0 Å². The van der Waals surface area contributed by atoms with Gasteiger partial charge in [0.2, 0.25) is 11.8 Å². The number of amides is 3. The number of carbonyl (C=O) groups is 3. The fourth-order valence-electron chi connectivity index (χ4n) is 3.40. The summed E-state index contributed by atoms with van der Waals surface area (Å²) in [5.41, 5.74) is 0.835. The number of halogens is 1. The third-order valence-electron chi connectivity index (χ3n) is 5.14. The van der Waals surface area contributed by atoms with Gasteiger partial charge < -0.3 is 15.5 Å². The summed E-state index contributed by atoms with van der Waals surface area (Å²) in [4.78, 5) is 42.5. The Balaban J connectivity index is 1.37. The minimum atomic E-state index is -0.627. The van der Waals surface area contributed by atoms with Gasteiger partial charge in [-0.25, -0.2) is 4.39 Å². The van der Waals surface area contributed by atoms with Crippen molar-refractivity contribution in [2.24, 2.45) is 5.92 Å². The third-order valence-corrected chi connectivity index (χ3v) is 5.14. The van der Waals surface area contributed by atoms with E-state index in [0.29, 0.717) is 38.9 Å². The Morgan fingerprint density at radius 3 is 2.47 bits per heavy atom. The normalized spacial score (nSPS) is 14.2. The highest BCUT2D eigenvalue weighted by atomic mass is 19.1. The molecule has 0 saturated carbocycles. The fourth-order valence-corrected chi connectivity index (χ4v) is 3.40. The number of nitrogens with zero attached hydrogens (tertiary/aromatic N) is 2. The first-order valence-corrected chi connectivity index (χ1v) is 10.0. The molecule has 3 rings (SSSR count). The van der Waals surface area contributed by atoms with Crippen molar-refractivity contribution < 1.29 is 18.8 Å². The molecular weight excluding hydrogens is 387 g/mol. The molecule has 1 aliphatic heterocycles. The number of hydrogen-bond acceptors (Lipinski definition) is 4. The highest BCUT2D eigenvalue weighted by Crippen LogP contribution is 2.17. The summed E-state index contributed by atoms with van der Waals surface area (Å²) in [6.07, 6.45) is 3.54. The zero-order valence-corrected chi connectivity index (χ0v) is 16.6. The molecule has 0 atom stereocenters. The average Bonchev–Trinajstić information content (AvgIpc) is 2.78. The van der Waals surface area contributed by atoms with E-state index in [-0.39, 0.29) is 29.8 Å². The molecule has 1 aliphatic rings. The van der Waals surface area contributed by atoms with Crippen LogP contribution in [0.15, 0.2) is 48.7 Å². The van der Waals surface area contributed by atoms with Crippen molar-refractivity contribution in [3.8, 4) is 0 Å². The van der Waals surface area contributed by atoms with E-state index in [1.54, 1.807) is 17.2 Å². The zero-order chi connectivity index (χ0) is 21.3. The van der Waals surface area contributed by atoms with Crippen LogP contribution in [-0.2, 0) is 16.0 Å². The monoisotopic (exact) mass is 412 g/mol. The first kappa shape index (κ1) is 21.4. The standard InChI is InChI=1S/C22H25FN4O3/c23-19-7-2-1-6-18(19)22(30)26-15-20(28)27-13-9-16(10-14-27)21(29)25-12-8-17-5-3-4-11-24-17/h1-7,11,16H,8-10,12-15H2,(H,25,29)(H,26,30). The maximum Gasteiger partial charge on any atom is 0.254 e. The van der Waals surface area contributed by atoms with Gasteiger partial charge in [0.05, 0.1) is 12.1 Å². The summed E-state index contributed by atoms with van der Waals surface area (Å²) in [5.74, 6) is -1.63. The van der Waals surface area contributed by atoms with Crippen molar-refractivity contribution in [2.45, 2.75) is 19.3 Å². The Bertz CT molecular complexity index is 883. The molecule has 0 unspecified atom stereocenters. The van der Waals surface area contributed by atoms with Crippen LogP contribution in [0.1, 0.15) is 28.9 Å². The second-order valence-electron chi connectivity index (χ2n) is 7.18. The maximum atomic E-state index is 13.6. The van der Waals surface area contributed by atoms with Crippen LogP contribution in [0.2, 0.25) is 0 Å². The summed E-state index contributed by atoms with van der Waals surface area (Å²) in [5, 5.41) is 5.39. The predicted molar refractivity (Wildman–Crippen MR) is 109 cm³/mol. The van der Waals surface area contributed by atoms with E-state index >= 15 is 0 Å². The highest BCUT2D eigenvalue weighted by molar-refractivity contribution is 5.96. The molecule has 2 N–H and O–H groups in total. The van der Waals surface area contributed by atoms with Crippen LogP contribution in [0.5, 0.6) is 0 Å². The summed E-state index contributed by atoms with van der Waals surface area (Å²) in [6.45, 7) is 1.23. The second-order valence-corrected chi connectivity index (χ2v) is 7.18. The van der Waals surface area contributed by atoms with E-state index in [1.165, 1.54) is 18.2 Å². The smallest absolute Gasteiger partial charge is 0.254 e. The molecule has 3 amide bonds. The SMILES string of the molecule is O=C(NCC(=O)N1CCC(C(=O)NCCc2ccccn2)CC1)c1ccccc1F. The summed E-state index contributed by atoms with van der Waals surface area (Å²) >= 11 is 0. The van der Waals surface area contributed by atoms with E-state index in [0.717, 1.165) is 5.69 Å². The summed E-state index contributed by atoms with van der Waals surface area (Å²) in [7, 11) is 0. The van der Waals surface area contributed by atoms with Gasteiger partial charge in [0.1, 0.15) is 5.82 Å². The lowest BCUT2D eigenvalue weighted by molar-refractivity contribution is -0.134. The minimum Gasteiger partial charge on any atom is -0.355 e. The lowest BCUT2D eigenvalue weighted by Crippen LogP contribution is -2.46. The quantitative estimate of drug-likeness (QED) is 0.722. The molecule has 1 fully saturated rings. The molecule has 1 aromatic carbocycles. The van der Waals surface area contributed by atoms with Crippen molar-refractivity contribution in [2.75, 3.05) is 26.2 Å². The van der Waals surface area contributed by atoms with Crippen molar-refractivity contribution in [1.82, 2.24) is 20.5 Å². The molecule has 158 valence electrons. The second kappa shape index (κ2) is 10.5. The molecule has 0 bridgehead atoms. The topological polar surface area (TPSA) is 91.4 Å². The summed E-state index contributed by atoms with van der Waals surface area (Å²) < 4.78 is 13.6. The zero-order valence-electron chi connectivity index (χ0n) is 16.6. The van der Waals surface area contributed by atoms with Crippen LogP contribution in [0.3, 0.4) is 0 Å². The molecule has 2 heterocycles. The average molecular weight is 412 g/mol. The van der Waals surface area contributed by atoms with Crippen molar-refractivity contribution in [1.29, 1.82) is 0 Å². The van der Waals surface area contributed by atoms with Gasteiger partial charge >= 0.3 is 0 Å². The van der Waals surface area contributed by atoms with Crippen molar-refractivity contribution >= 4 is 17.7 Å². The fraction of sp³-hybridized carbons (Fsp3) is 0.364. The van der Waals surface area contributed by atoms with Crippen molar-refractivity contribution in [3.63, 3.8) is 0 Å². The van der Waals surface area contributed by atoms with E-state index in [1.807, 2.05) is 18.2 Å². The molecule has 0 spiro atoms. The number of rotatable bonds is 7. The number of carbonyl (C=O) groups excluding carboxylic acids is 3. The Hall–Kier alpha value is -3.29. The number of pyridine rings is 1. The number of nitrogens with one attached hydrogen (secondary N) is 2. The van der Waals surface area contributed by atoms with Crippen LogP contribution in [-0.4, -0.2) is 53.8 Å². The Kier molecular flexibility index (Phi) is 7.48. The summed E-state index contributed by atoms with van der Waals surface area (Å²) in [6, 6.07) is 11.3. The van der Waals surface area contributed by atoms with E-state index in [9.17, 15) is 18.8 Å². The lowest BCUT2D eigenvalue weighted by atomic mass is 9.96. The van der Waals surface area contributed by atoms with Crippen molar-refractivity contribution in [3.05, 3.63) is 65.7 Å². The molecule has 7 nitrogen and oxygen atoms in total. The minimum absolute atomic E-state index is 0.00844. The molecule has 0 radical (unpaired) electrons. The number of hydrogen-bond donors (Lipinski definition) is 2. The Morgan fingerprint density at radius 2 is 1.77 bits per heavy atom. The van der Waals surface area contributed by atoms with Crippen LogP contribution in [0.4, 0.5) is 4.39 Å². The lowest BCUT2D eigenvalue weighted by Gasteiger charge is -2.31. The van der Waals surface area contributed by atoms with Crippen LogP contribution in [0.25, 0.3) is 0 Å². The van der Waals surface area contributed by atoms with Crippen LogP contribution >= 0.6 is 0 Å². The molecule has 1 saturated heterocycles. The maximum absolute atomic E-state index is 13.6. The highest BCUT2D eigenvalue weighted by Gasteiger charge is 2.27. The Morgan fingerprint density at radius 1 is 1.03 bits per heavy atom. The van der Waals surface area contributed by atoms with E-state index in [2.05, 4.69) is 15.6 Å². The molecular formula is C22H25FN4O3. The molecule has 1 aromatic heterocycles. The predicted octanol–water partition coefficient (Wildman–Crippen LogP) is 1.55. The van der Waals surface area contributed by atoms with Gasteiger partial charge in [-0.05, 0) is 37.1 Å². The van der Waals surface area contributed by atoms with Crippen LogP contribution in [0, 0.1) is 11.7 Å². The first-order chi connectivity index (χ1) is 14.5. The number of likely N-dealkylation sites (tertiary alicyclic amines) is 1. The Labute approximate surface area is 174 Å². The number of piperidine rings is 1. The third kappa shape index (κ3) is 5.85. The van der Waals surface area contributed by atoms with Gasteiger partial charge in [0.15, 0.2) is 0 Å². The van der Waals surface area contributed by atoms with Gasteiger partial charge in [0.25, 0.3) is 5.91 Å². The van der Waals surface area contributed by atoms with Gasteiger partial charge in [0, 0.05) is 43.9 Å². The van der Waals surface area contributed by atoms with E-state index < -0.39 is 11.7 Å². The first-order valence-electron chi connectivity index (χ1n) is 10.0.